The molecule has 2 heterocycles. The van der Waals surface area contributed by atoms with E-state index >= 15 is 0 Å². The Morgan fingerprint density at radius 1 is 1.36 bits per heavy atom. The van der Waals surface area contributed by atoms with E-state index in [2.05, 4.69) is 30.2 Å². The van der Waals surface area contributed by atoms with Crippen molar-refractivity contribution in [1.82, 2.24) is 14.6 Å². The van der Waals surface area contributed by atoms with Crippen LogP contribution in [0.5, 0.6) is 0 Å². The molecule has 1 saturated heterocycles. The van der Waals surface area contributed by atoms with Crippen LogP contribution >= 0.6 is 0 Å². The van der Waals surface area contributed by atoms with Gasteiger partial charge in [-0.1, -0.05) is 13.0 Å². The highest BCUT2D eigenvalue weighted by Crippen LogP contribution is 2.20. The predicted molar refractivity (Wildman–Crippen MR) is 89.2 cm³/mol. The van der Waals surface area contributed by atoms with Crippen LogP contribution in [0.3, 0.4) is 0 Å². The third kappa shape index (κ3) is 4.06. The quantitative estimate of drug-likeness (QED) is 0.870. The zero-order chi connectivity index (χ0) is 16.2. The molecule has 6 heteroatoms. The summed E-state index contributed by atoms with van der Waals surface area (Å²) in [5, 5.41) is 3.62. The average Bonchev–Trinajstić information content (AvgIpc) is 2.55. The molecule has 1 aromatic heterocycles. The van der Waals surface area contributed by atoms with E-state index in [0.29, 0.717) is 19.1 Å². The van der Waals surface area contributed by atoms with Crippen LogP contribution in [0.15, 0.2) is 18.3 Å². The molecule has 1 aromatic rings. The largest absolute Gasteiger partial charge is 0.306 e. The Morgan fingerprint density at radius 3 is 2.64 bits per heavy atom. The summed E-state index contributed by atoms with van der Waals surface area (Å²) in [5.74, 6) is 0.190. The molecule has 0 saturated carbocycles. The van der Waals surface area contributed by atoms with Gasteiger partial charge in [0.2, 0.25) is 10.0 Å². The molecule has 1 unspecified atom stereocenters. The third-order valence-corrected chi connectivity index (χ3v) is 6.30. The van der Waals surface area contributed by atoms with Crippen molar-refractivity contribution in [3.63, 3.8) is 0 Å². The fourth-order valence-corrected chi connectivity index (χ4v) is 4.19. The number of rotatable bonds is 6. The average molecular weight is 325 g/mol. The van der Waals surface area contributed by atoms with E-state index in [9.17, 15) is 8.42 Å². The summed E-state index contributed by atoms with van der Waals surface area (Å²) in [6.07, 6.45) is 4.53. The minimum Gasteiger partial charge on any atom is -0.306 e. The van der Waals surface area contributed by atoms with Crippen LogP contribution in [0.2, 0.25) is 0 Å². The Bertz CT molecular complexity index is 581. The van der Waals surface area contributed by atoms with Crippen molar-refractivity contribution >= 4 is 10.0 Å². The number of aromatic nitrogens is 1. The van der Waals surface area contributed by atoms with E-state index in [1.165, 1.54) is 5.56 Å². The first-order chi connectivity index (χ1) is 10.5. The first-order valence-corrected chi connectivity index (χ1v) is 9.76. The summed E-state index contributed by atoms with van der Waals surface area (Å²) >= 11 is 0. The van der Waals surface area contributed by atoms with Crippen LogP contribution in [0, 0.1) is 0 Å². The second-order valence-corrected chi connectivity index (χ2v) is 8.12. The van der Waals surface area contributed by atoms with Gasteiger partial charge in [-0.2, -0.15) is 0 Å². The molecule has 0 spiro atoms. The summed E-state index contributed by atoms with van der Waals surface area (Å²) in [4.78, 5) is 4.51. The van der Waals surface area contributed by atoms with Gasteiger partial charge in [0.15, 0.2) is 0 Å². The molecular formula is C16H27N3O2S. The Hall–Kier alpha value is -0.980. The first-order valence-electron chi connectivity index (χ1n) is 8.15. The molecule has 0 amide bonds. The molecule has 0 aliphatic carbocycles. The molecule has 1 N–H and O–H groups in total. The van der Waals surface area contributed by atoms with E-state index in [1.807, 2.05) is 12.3 Å². The predicted octanol–water partition coefficient (Wildman–Crippen LogP) is 2.11. The highest BCUT2D eigenvalue weighted by molar-refractivity contribution is 7.89. The van der Waals surface area contributed by atoms with Crippen LogP contribution in [0.1, 0.15) is 50.9 Å². The normalized spacial score (nSPS) is 19.2. The molecule has 1 atom stereocenters. The van der Waals surface area contributed by atoms with Gasteiger partial charge in [-0.3, -0.25) is 4.98 Å². The van der Waals surface area contributed by atoms with E-state index in [4.69, 9.17) is 0 Å². The highest BCUT2D eigenvalue weighted by atomic mass is 32.2. The molecule has 1 aliphatic rings. The third-order valence-electron chi connectivity index (χ3n) is 4.41. The van der Waals surface area contributed by atoms with Crippen molar-refractivity contribution < 1.29 is 8.42 Å². The molecule has 1 fully saturated rings. The van der Waals surface area contributed by atoms with Crippen LogP contribution in [-0.4, -0.2) is 42.6 Å². The molecule has 5 nitrogen and oxygen atoms in total. The molecule has 22 heavy (non-hydrogen) atoms. The molecule has 2 rings (SSSR count). The van der Waals surface area contributed by atoms with Gasteiger partial charge < -0.3 is 5.32 Å². The van der Waals surface area contributed by atoms with Crippen LogP contribution in [-0.2, 0) is 16.4 Å². The Labute approximate surface area is 134 Å². The van der Waals surface area contributed by atoms with Gasteiger partial charge in [0.05, 0.1) is 11.4 Å². The van der Waals surface area contributed by atoms with Crippen molar-refractivity contribution in [3.05, 3.63) is 29.6 Å². The summed E-state index contributed by atoms with van der Waals surface area (Å²) in [5.41, 5.74) is 2.38. The lowest BCUT2D eigenvalue weighted by Crippen LogP contribution is -2.46. The molecular weight excluding hydrogens is 298 g/mol. The zero-order valence-corrected chi connectivity index (χ0v) is 14.6. The smallest absolute Gasteiger partial charge is 0.213 e. The Morgan fingerprint density at radius 2 is 2.05 bits per heavy atom. The summed E-state index contributed by atoms with van der Waals surface area (Å²) < 4.78 is 25.4. The summed E-state index contributed by atoms with van der Waals surface area (Å²) in [7, 11) is -3.04. The number of aryl methyl sites for hydroxylation is 1. The lowest BCUT2D eigenvalue weighted by atomic mass is 10.0. The van der Waals surface area contributed by atoms with E-state index in [1.54, 1.807) is 11.2 Å². The number of hydrogen-bond donors (Lipinski definition) is 1. The molecule has 124 valence electrons. The molecule has 0 aromatic carbocycles. The lowest BCUT2D eigenvalue weighted by molar-refractivity contribution is 0.276. The van der Waals surface area contributed by atoms with Gasteiger partial charge in [0.25, 0.3) is 0 Å². The maximum absolute atomic E-state index is 11.9. The van der Waals surface area contributed by atoms with E-state index < -0.39 is 10.0 Å². The zero-order valence-electron chi connectivity index (χ0n) is 13.7. The lowest BCUT2D eigenvalue weighted by Gasteiger charge is -2.33. The summed E-state index contributed by atoms with van der Waals surface area (Å²) in [6.45, 7) is 7.21. The highest BCUT2D eigenvalue weighted by Gasteiger charge is 2.27. The number of hydrogen-bond acceptors (Lipinski definition) is 4. The van der Waals surface area contributed by atoms with Gasteiger partial charge >= 0.3 is 0 Å². The maximum atomic E-state index is 11.9. The summed E-state index contributed by atoms with van der Waals surface area (Å²) in [6, 6.07) is 4.64. The number of sulfonamides is 1. The van der Waals surface area contributed by atoms with Crippen molar-refractivity contribution in [2.45, 2.75) is 52.1 Å². The van der Waals surface area contributed by atoms with E-state index in [0.717, 1.165) is 25.0 Å². The standard InChI is InChI=1S/C16H27N3O2S/c1-4-14-7-6-10-17-16(14)13(3)18-15-8-11-19(12-9-15)22(20,21)5-2/h6-7,10,13,15,18H,4-5,8-9,11-12H2,1-3H3. The van der Waals surface area contributed by atoms with Crippen molar-refractivity contribution in [1.29, 1.82) is 0 Å². The first kappa shape index (κ1) is 17.4. The molecule has 0 bridgehead atoms. The fraction of sp³-hybridized carbons (Fsp3) is 0.688. The minimum absolute atomic E-state index is 0.190. The monoisotopic (exact) mass is 325 g/mol. The van der Waals surface area contributed by atoms with Gasteiger partial charge in [-0.25, -0.2) is 12.7 Å². The van der Waals surface area contributed by atoms with Gasteiger partial charge in [0.1, 0.15) is 0 Å². The number of nitrogens with zero attached hydrogens (tertiary/aromatic N) is 2. The SMILES string of the molecule is CCc1cccnc1C(C)NC1CCN(S(=O)(=O)CC)CC1. The van der Waals surface area contributed by atoms with Crippen LogP contribution in [0.4, 0.5) is 0 Å². The van der Waals surface area contributed by atoms with Crippen LogP contribution in [0.25, 0.3) is 0 Å². The minimum atomic E-state index is -3.04. The van der Waals surface area contributed by atoms with Gasteiger partial charge in [0, 0.05) is 31.4 Å². The Balaban J connectivity index is 1.93. The van der Waals surface area contributed by atoms with E-state index in [-0.39, 0.29) is 11.8 Å². The topological polar surface area (TPSA) is 62.3 Å². The van der Waals surface area contributed by atoms with Crippen molar-refractivity contribution in [2.24, 2.45) is 0 Å². The van der Waals surface area contributed by atoms with Crippen molar-refractivity contribution in [3.8, 4) is 0 Å². The second-order valence-electron chi connectivity index (χ2n) is 5.86. The maximum Gasteiger partial charge on any atom is 0.213 e. The van der Waals surface area contributed by atoms with Crippen molar-refractivity contribution in [2.75, 3.05) is 18.8 Å². The number of nitrogens with one attached hydrogen (secondary N) is 1. The van der Waals surface area contributed by atoms with Gasteiger partial charge in [-0.15, -0.1) is 0 Å². The number of piperidine rings is 1. The molecule has 0 radical (unpaired) electrons. The van der Waals surface area contributed by atoms with Gasteiger partial charge in [-0.05, 0) is 44.7 Å². The second kappa shape index (κ2) is 7.53. The fourth-order valence-electron chi connectivity index (χ4n) is 3.06. The number of pyridine rings is 1. The Kier molecular flexibility index (Phi) is 5.94. The molecule has 1 aliphatic heterocycles. The van der Waals surface area contributed by atoms with Crippen LogP contribution < -0.4 is 5.32 Å².